The number of nitrogens with one attached hydrogen (secondary N) is 3. The highest BCUT2D eigenvalue weighted by Crippen LogP contribution is 2.55. The summed E-state index contributed by atoms with van der Waals surface area (Å²) >= 11 is 0. The molecule has 8 heteroatoms. The third kappa shape index (κ3) is 4.70. The molecule has 1 unspecified atom stereocenters. The second-order valence-corrected chi connectivity index (χ2v) is 11.2. The van der Waals surface area contributed by atoms with Crippen molar-refractivity contribution < 1.29 is 19.1 Å². The fourth-order valence-electron chi connectivity index (χ4n) is 7.46. The van der Waals surface area contributed by atoms with Crippen molar-refractivity contribution in [2.75, 3.05) is 18.5 Å². The summed E-state index contributed by atoms with van der Waals surface area (Å²) in [7, 11) is 0. The second kappa shape index (κ2) is 9.79. The number of anilines is 1. The van der Waals surface area contributed by atoms with Crippen molar-refractivity contribution in [3.8, 4) is 0 Å². The van der Waals surface area contributed by atoms with Crippen LogP contribution in [-0.2, 0) is 9.53 Å². The first-order valence-corrected chi connectivity index (χ1v) is 13.5. The number of hydrogen-bond acceptors (Lipinski definition) is 4. The van der Waals surface area contributed by atoms with Gasteiger partial charge in [0, 0.05) is 23.5 Å². The Morgan fingerprint density at radius 1 is 1.11 bits per heavy atom. The van der Waals surface area contributed by atoms with E-state index in [1.807, 2.05) is 31.2 Å². The number of esters is 1. The second-order valence-electron chi connectivity index (χ2n) is 11.2. The molecule has 36 heavy (non-hydrogen) atoms. The molecule has 194 valence electrons. The van der Waals surface area contributed by atoms with Crippen molar-refractivity contribution in [2.24, 2.45) is 17.8 Å². The zero-order valence-electron chi connectivity index (χ0n) is 21.6. The Morgan fingerprint density at radius 2 is 1.78 bits per heavy atom. The van der Waals surface area contributed by atoms with Gasteiger partial charge in [-0.15, -0.1) is 0 Å². The number of amides is 4. The third-order valence-electron chi connectivity index (χ3n) is 8.43. The molecule has 8 nitrogen and oxygen atoms in total. The van der Waals surface area contributed by atoms with E-state index in [1.165, 1.54) is 19.3 Å². The number of benzene rings is 1. The van der Waals surface area contributed by atoms with E-state index in [9.17, 15) is 14.4 Å². The topological polar surface area (TPSA) is 99.8 Å². The molecule has 0 spiro atoms. The van der Waals surface area contributed by atoms with Crippen LogP contribution in [0.1, 0.15) is 77.3 Å². The lowest BCUT2D eigenvalue weighted by Gasteiger charge is -2.56. The highest BCUT2D eigenvalue weighted by Gasteiger charge is 2.51. The van der Waals surface area contributed by atoms with Gasteiger partial charge in [-0.1, -0.05) is 19.1 Å². The summed E-state index contributed by atoms with van der Waals surface area (Å²) in [5.74, 6) is 1.80. The first-order chi connectivity index (χ1) is 17.3. The molecule has 0 saturated heterocycles. The summed E-state index contributed by atoms with van der Waals surface area (Å²) in [6.07, 6.45) is 7.99. The maximum Gasteiger partial charge on any atom is 0.338 e. The van der Waals surface area contributed by atoms with Gasteiger partial charge in [0.15, 0.2) is 0 Å². The fraction of sp³-hybridized carbons (Fsp3) is 0.607. The highest BCUT2D eigenvalue weighted by molar-refractivity contribution is 5.95. The van der Waals surface area contributed by atoms with Crippen LogP contribution in [0.4, 0.5) is 15.3 Å². The number of carbonyl (C=O) groups is 3. The minimum absolute atomic E-state index is 0.0759. The Kier molecular flexibility index (Phi) is 6.70. The van der Waals surface area contributed by atoms with Gasteiger partial charge >= 0.3 is 18.0 Å². The summed E-state index contributed by atoms with van der Waals surface area (Å²) in [6.45, 7) is 6.30. The Morgan fingerprint density at radius 3 is 2.39 bits per heavy atom. The van der Waals surface area contributed by atoms with Crippen molar-refractivity contribution in [3.63, 3.8) is 0 Å². The lowest BCUT2D eigenvalue weighted by molar-refractivity contribution is -0.139. The van der Waals surface area contributed by atoms with Crippen LogP contribution in [-0.4, -0.2) is 41.6 Å². The molecule has 1 aromatic rings. The monoisotopic (exact) mass is 494 g/mol. The smallest absolute Gasteiger partial charge is 0.338 e. The van der Waals surface area contributed by atoms with Gasteiger partial charge in [-0.05, 0) is 94.2 Å². The number of carbonyl (C=O) groups excluding carboxylic acids is 3. The number of allylic oxidation sites excluding steroid dienone is 1. The highest BCUT2D eigenvalue weighted by atomic mass is 16.5. The molecule has 3 N–H and O–H groups in total. The maximum atomic E-state index is 13.1. The first-order valence-electron chi connectivity index (χ1n) is 13.5. The van der Waals surface area contributed by atoms with Crippen molar-refractivity contribution in [2.45, 2.75) is 77.3 Å². The van der Waals surface area contributed by atoms with E-state index >= 15 is 0 Å². The van der Waals surface area contributed by atoms with Gasteiger partial charge in [0.2, 0.25) is 0 Å². The maximum absolute atomic E-state index is 13.1. The Bertz CT molecular complexity index is 1050. The summed E-state index contributed by atoms with van der Waals surface area (Å²) in [4.78, 5) is 40.5. The minimum atomic E-state index is -0.655. The Balaban J connectivity index is 1.34. The molecule has 4 bridgehead atoms. The van der Waals surface area contributed by atoms with Crippen LogP contribution in [0.2, 0.25) is 0 Å². The summed E-state index contributed by atoms with van der Waals surface area (Å²) in [5.41, 5.74) is 2.28. The quantitative estimate of drug-likeness (QED) is 0.460. The molecule has 1 heterocycles. The molecule has 4 fully saturated rings. The molecule has 6 rings (SSSR count). The van der Waals surface area contributed by atoms with Gasteiger partial charge in [-0.2, -0.15) is 0 Å². The van der Waals surface area contributed by atoms with Crippen LogP contribution >= 0.6 is 0 Å². The van der Waals surface area contributed by atoms with E-state index in [-0.39, 0.29) is 24.2 Å². The van der Waals surface area contributed by atoms with E-state index in [0.717, 1.165) is 49.0 Å². The van der Waals surface area contributed by atoms with Crippen LogP contribution < -0.4 is 16.0 Å². The van der Waals surface area contributed by atoms with Gasteiger partial charge in [0.1, 0.15) is 0 Å². The van der Waals surface area contributed by atoms with Crippen LogP contribution in [0.25, 0.3) is 0 Å². The van der Waals surface area contributed by atoms with Crippen LogP contribution in [0.3, 0.4) is 0 Å². The van der Waals surface area contributed by atoms with E-state index in [0.29, 0.717) is 23.5 Å². The van der Waals surface area contributed by atoms with Crippen LogP contribution in [0, 0.1) is 17.8 Å². The fourth-order valence-corrected chi connectivity index (χ4v) is 7.46. The van der Waals surface area contributed by atoms with Crippen molar-refractivity contribution in [3.05, 3.63) is 41.1 Å². The van der Waals surface area contributed by atoms with Gasteiger partial charge in [0.25, 0.3) is 0 Å². The molecular weight excluding hydrogens is 456 g/mol. The molecule has 1 aromatic carbocycles. The predicted octanol–water partition coefficient (Wildman–Crippen LogP) is 5.09. The number of urea groups is 2. The first kappa shape index (κ1) is 24.7. The number of rotatable bonds is 7. The van der Waals surface area contributed by atoms with E-state index in [2.05, 4.69) is 16.0 Å². The van der Waals surface area contributed by atoms with Gasteiger partial charge in [-0.25, -0.2) is 14.4 Å². The molecule has 4 aliphatic carbocycles. The lowest BCUT2D eigenvalue weighted by Crippen LogP contribution is -2.60. The van der Waals surface area contributed by atoms with Crippen molar-refractivity contribution >= 4 is 23.7 Å². The Labute approximate surface area is 213 Å². The SMILES string of the molecule is CCCN1C(=O)NC(c2cccc(NC(=O)NC34CC5CC(CC(C5)C3)C4)c2)C(C(=O)OCC)=C1C. The van der Waals surface area contributed by atoms with Gasteiger partial charge in [-0.3, -0.25) is 4.90 Å². The van der Waals surface area contributed by atoms with Crippen LogP contribution in [0.5, 0.6) is 0 Å². The van der Waals surface area contributed by atoms with Gasteiger partial charge in [0.05, 0.1) is 18.2 Å². The third-order valence-corrected chi connectivity index (χ3v) is 8.43. The number of ether oxygens (including phenoxy) is 1. The minimum Gasteiger partial charge on any atom is -0.463 e. The summed E-state index contributed by atoms with van der Waals surface area (Å²) < 4.78 is 5.34. The normalized spacial score (nSPS) is 30.8. The molecule has 0 radical (unpaired) electrons. The van der Waals surface area contributed by atoms with Crippen LogP contribution in [0.15, 0.2) is 35.5 Å². The summed E-state index contributed by atoms with van der Waals surface area (Å²) in [6, 6.07) is 6.26. The number of nitrogens with zero attached hydrogens (tertiary/aromatic N) is 1. The largest absolute Gasteiger partial charge is 0.463 e. The molecule has 4 saturated carbocycles. The molecular formula is C28H38N4O4. The summed E-state index contributed by atoms with van der Waals surface area (Å²) in [5, 5.41) is 9.32. The zero-order valence-corrected chi connectivity index (χ0v) is 21.6. The van der Waals surface area contributed by atoms with E-state index in [1.54, 1.807) is 18.7 Å². The molecule has 4 amide bonds. The Hall–Kier alpha value is -3.03. The van der Waals surface area contributed by atoms with E-state index < -0.39 is 12.0 Å². The molecule has 1 atom stereocenters. The predicted molar refractivity (Wildman–Crippen MR) is 137 cm³/mol. The molecule has 0 aromatic heterocycles. The molecule has 5 aliphatic rings. The van der Waals surface area contributed by atoms with Crippen molar-refractivity contribution in [1.29, 1.82) is 0 Å². The average molecular weight is 495 g/mol. The van der Waals surface area contributed by atoms with E-state index in [4.69, 9.17) is 4.74 Å². The van der Waals surface area contributed by atoms with Gasteiger partial charge < -0.3 is 20.7 Å². The standard InChI is InChI=1S/C28H38N4O4/c1-4-9-32-17(3)23(25(33)36-5-2)24(30-27(32)35)21-7-6-8-22(13-21)29-26(34)31-28-14-18-10-19(15-28)12-20(11-18)16-28/h6-8,13,18-20,24H,4-5,9-12,14-16H2,1-3H3,(H,30,35)(H2,29,31,34). The molecule has 1 aliphatic heterocycles. The number of hydrogen-bond donors (Lipinski definition) is 3. The zero-order chi connectivity index (χ0) is 25.4. The lowest BCUT2D eigenvalue weighted by atomic mass is 9.53. The average Bonchev–Trinajstić information content (AvgIpc) is 2.80. The van der Waals surface area contributed by atoms with Crippen molar-refractivity contribution in [1.82, 2.24) is 15.5 Å².